The summed E-state index contributed by atoms with van der Waals surface area (Å²) in [5, 5.41) is 3.08. The first-order valence-corrected chi connectivity index (χ1v) is 10.4. The summed E-state index contributed by atoms with van der Waals surface area (Å²) in [6, 6.07) is 23.0. The average molecular weight is 444 g/mol. The van der Waals surface area contributed by atoms with E-state index in [1.54, 1.807) is 5.20 Å². The molecule has 130 valence electrons. The molecular formula is C20H21Cl3SiTi. The molecule has 0 amide bonds. The molecule has 2 aromatic rings. The molecule has 0 fully saturated rings. The summed E-state index contributed by atoms with van der Waals surface area (Å²) in [4.78, 5) is 0. The molecule has 0 spiro atoms. The molecule has 2 aromatic carbocycles. The molecule has 1 aliphatic rings. The number of allylic oxidation sites excluding steroid dienone is 4. The van der Waals surface area contributed by atoms with Crippen molar-refractivity contribution < 1.29 is 58.9 Å². The van der Waals surface area contributed by atoms with Crippen molar-refractivity contribution in [3.8, 4) is 0 Å². The molecule has 0 aliphatic heterocycles. The summed E-state index contributed by atoms with van der Waals surface area (Å²) in [6.45, 7) is 4.82. The van der Waals surface area contributed by atoms with E-state index in [9.17, 15) is 0 Å². The number of hydrogen-bond acceptors (Lipinski definition) is 0. The van der Waals surface area contributed by atoms with Gasteiger partial charge in [-0.1, -0.05) is 79.7 Å². The monoisotopic (exact) mass is 442 g/mol. The van der Waals surface area contributed by atoms with Crippen molar-refractivity contribution in [1.82, 2.24) is 0 Å². The zero-order chi connectivity index (χ0) is 14.7. The molecule has 25 heavy (non-hydrogen) atoms. The van der Waals surface area contributed by atoms with E-state index in [1.165, 1.54) is 22.4 Å². The molecule has 0 saturated carbocycles. The van der Waals surface area contributed by atoms with Crippen molar-refractivity contribution in [2.75, 3.05) is 0 Å². The fourth-order valence-electron chi connectivity index (χ4n) is 3.17. The molecule has 1 aliphatic carbocycles. The standard InChI is InChI=1S/C20H21Si.3ClH.Ti/c1-3-21(2,18-13-8-5-9-14-18)20-16-10-15-19(20)17-11-6-4-7-12-17;;;;/h4-9,11-14,16H,3,10H2,1-2H3;3*1H;/q-1;;;;+4/p-3. The van der Waals surface area contributed by atoms with E-state index in [-0.39, 0.29) is 58.9 Å². The third-order valence-corrected chi connectivity index (χ3v) is 9.29. The van der Waals surface area contributed by atoms with Crippen LogP contribution < -0.4 is 42.4 Å². The molecule has 0 aromatic heterocycles. The summed E-state index contributed by atoms with van der Waals surface area (Å²) in [7, 11) is -1.65. The summed E-state index contributed by atoms with van der Waals surface area (Å²) in [6.07, 6.45) is 6.95. The number of benzene rings is 2. The fraction of sp³-hybridized carbons (Fsp3) is 0.200. The van der Waals surface area contributed by atoms with Crippen LogP contribution in [0.5, 0.6) is 0 Å². The van der Waals surface area contributed by atoms with Gasteiger partial charge < -0.3 is 37.2 Å². The van der Waals surface area contributed by atoms with Gasteiger partial charge in [-0.2, -0.15) is 16.8 Å². The molecule has 0 saturated heterocycles. The third kappa shape index (κ3) is 5.60. The first-order chi connectivity index (χ1) is 10.3. The van der Waals surface area contributed by atoms with Gasteiger partial charge in [0.1, 0.15) is 0 Å². The van der Waals surface area contributed by atoms with Crippen LogP contribution in [0.3, 0.4) is 0 Å². The largest absolute Gasteiger partial charge is 4.00 e. The van der Waals surface area contributed by atoms with Crippen molar-refractivity contribution in [2.24, 2.45) is 0 Å². The Morgan fingerprint density at radius 3 is 1.92 bits per heavy atom. The Balaban J connectivity index is 0. The zero-order valence-corrected chi connectivity index (χ0v) is 19.2. The molecule has 3 rings (SSSR count). The Labute approximate surface area is 186 Å². The van der Waals surface area contributed by atoms with Gasteiger partial charge in [-0.15, -0.1) is 23.8 Å². The number of hydrogen-bond donors (Lipinski definition) is 0. The zero-order valence-electron chi connectivity index (χ0n) is 14.4. The molecule has 1 unspecified atom stereocenters. The topological polar surface area (TPSA) is 0 Å². The molecule has 0 heterocycles. The maximum absolute atomic E-state index is 3.59. The Bertz CT molecular complexity index is 687. The minimum absolute atomic E-state index is 0. The fourth-order valence-corrected chi connectivity index (χ4v) is 6.54. The van der Waals surface area contributed by atoms with E-state index in [2.05, 4.69) is 86.3 Å². The molecule has 1 atom stereocenters. The van der Waals surface area contributed by atoms with Crippen LogP contribution in [0.2, 0.25) is 12.6 Å². The van der Waals surface area contributed by atoms with Crippen molar-refractivity contribution in [1.29, 1.82) is 0 Å². The van der Waals surface area contributed by atoms with E-state index in [4.69, 9.17) is 0 Å². The maximum Gasteiger partial charge on any atom is 4.00 e. The number of halogens is 3. The van der Waals surface area contributed by atoms with Gasteiger partial charge in [0.05, 0.1) is 8.07 Å². The summed E-state index contributed by atoms with van der Waals surface area (Å²) in [5.41, 5.74) is 2.65. The average Bonchev–Trinajstić information content (AvgIpc) is 3.06. The SMILES string of the molecule is CC[Si](C)(C1=CC[C-]=C1c1ccccc1)c1ccccc1.[Cl-].[Cl-].[Cl-].[Ti+4]. The summed E-state index contributed by atoms with van der Waals surface area (Å²) < 4.78 is 0. The second-order valence-electron chi connectivity index (χ2n) is 5.79. The first kappa shape index (κ1) is 26.9. The minimum atomic E-state index is -1.65. The van der Waals surface area contributed by atoms with Gasteiger partial charge in [0.2, 0.25) is 0 Å². The van der Waals surface area contributed by atoms with Gasteiger partial charge in [0.15, 0.2) is 0 Å². The van der Waals surface area contributed by atoms with E-state index in [0.717, 1.165) is 6.42 Å². The van der Waals surface area contributed by atoms with Gasteiger partial charge in [0.25, 0.3) is 0 Å². The minimum Gasteiger partial charge on any atom is -1.00 e. The van der Waals surface area contributed by atoms with E-state index < -0.39 is 8.07 Å². The molecule has 0 radical (unpaired) electrons. The predicted molar refractivity (Wildman–Crippen MR) is 94.0 cm³/mol. The van der Waals surface area contributed by atoms with Gasteiger partial charge in [-0.05, 0) is 0 Å². The predicted octanol–water partition coefficient (Wildman–Crippen LogP) is -4.24. The molecule has 0 N–H and O–H groups in total. The van der Waals surface area contributed by atoms with Crippen LogP contribution in [0, 0.1) is 6.08 Å². The second-order valence-corrected chi connectivity index (χ2v) is 10.3. The van der Waals surface area contributed by atoms with Crippen molar-refractivity contribution >= 4 is 18.8 Å². The third-order valence-electron chi connectivity index (χ3n) is 4.63. The Morgan fingerprint density at radius 1 is 0.880 bits per heavy atom. The Hall–Kier alpha value is -0.279. The maximum atomic E-state index is 3.59. The van der Waals surface area contributed by atoms with Gasteiger partial charge >= 0.3 is 21.7 Å². The van der Waals surface area contributed by atoms with Crippen molar-refractivity contribution in [2.45, 2.75) is 25.9 Å². The molecule has 0 bridgehead atoms. The molecular weight excluding hydrogens is 423 g/mol. The van der Waals surface area contributed by atoms with Crippen molar-refractivity contribution in [3.63, 3.8) is 0 Å². The Kier molecular flexibility index (Phi) is 13.1. The smallest absolute Gasteiger partial charge is 1.00 e. The summed E-state index contributed by atoms with van der Waals surface area (Å²) in [5.74, 6) is 0. The van der Waals surface area contributed by atoms with Crippen LogP contribution in [0.25, 0.3) is 5.57 Å². The van der Waals surface area contributed by atoms with Gasteiger partial charge in [0, 0.05) is 0 Å². The molecule has 5 heteroatoms. The quantitative estimate of drug-likeness (QED) is 0.332. The molecule has 0 nitrogen and oxygen atoms in total. The van der Waals surface area contributed by atoms with Crippen LogP contribution in [0.1, 0.15) is 18.9 Å². The van der Waals surface area contributed by atoms with Crippen LogP contribution in [0.4, 0.5) is 0 Å². The summed E-state index contributed by atoms with van der Waals surface area (Å²) >= 11 is 0. The Morgan fingerprint density at radius 2 is 1.40 bits per heavy atom. The van der Waals surface area contributed by atoms with Gasteiger partial charge in [-0.25, -0.2) is 0 Å². The van der Waals surface area contributed by atoms with E-state index in [1.807, 2.05) is 0 Å². The van der Waals surface area contributed by atoms with Crippen LogP contribution in [-0.4, -0.2) is 8.07 Å². The van der Waals surface area contributed by atoms with Gasteiger partial charge in [-0.3, -0.25) is 0 Å². The van der Waals surface area contributed by atoms with E-state index >= 15 is 0 Å². The van der Waals surface area contributed by atoms with Crippen molar-refractivity contribution in [3.05, 3.63) is 83.6 Å². The number of rotatable bonds is 4. The normalized spacial score (nSPS) is 14.3. The van der Waals surface area contributed by atoms with Crippen LogP contribution >= 0.6 is 0 Å². The van der Waals surface area contributed by atoms with Crippen LogP contribution in [-0.2, 0) is 21.7 Å². The second kappa shape index (κ2) is 12.2. The van der Waals surface area contributed by atoms with E-state index in [0.29, 0.717) is 0 Å². The van der Waals surface area contributed by atoms with Crippen LogP contribution in [0.15, 0.2) is 71.9 Å². The first-order valence-electron chi connectivity index (χ1n) is 7.68.